The molecule has 0 bridgehead atoms. The molecule has 0 heterocycles. The van der Waals surface area contributed by atoms with Crippen molar-refractivity contribution in [1.29, 1.82) is 0 Å². The van der Waals surface area contributed by atoms with Gasteiger partial charge in [0.15, 0.2) is 0 Å². The van der Waals surface area contributed by atoms with Crippen molar-refractivity contribution in [2.24, 2.45) is 0 Å². The van der Waals surface area contributed by atoms with Gasteiger partial charge in [-0.1, -0.05) is 0 Å². The number of carbonyl (C=O) groups excluding carboxylic acids is 2. The Balaban J connectivity index is 2.83. The number of ketones is 1. The Labute approximate surface area is 81.6 Å². The first kappa shape index (κ1) is 10.8. The van der Waals surface area contributed by atoms with Crippen molar-refractivity contribution < 1.29 is 14.5 Å². The molecule has 1 saturated carbocycles. The van der Waals surface area contributed by atoms with Crippen LogP contribution in [0.25, 0.3) is 0 Å². The quantitative estimate of drug-likeness (QED) is 0.386. The number of Topliss-reactive ketones (excluding diaryl/α,β-unsaturated/α-hetero) is 1. The molecule has 0 aromatic rings. The Kier molecular flexibility index (Phi) is 3.33. The predicted octanol–water partition coefficient (Wildman–Crippen LogP) is 1.12. The largest absolute Gasteiger partial charge is 0.303 e. The van der Waals surface area contributed by atoms with Gasteiger partial charge in [0.05, 0.1) is 0 Å². The molecule has 5 nitrogen and oxygen atoms in total. The second-order valence-electron chi connectivity index (χ2n) is 3.62. The van der Waals surface area contributed by atoms with Gasteiger partial charge in [-0.15, -0.1) is 0 Å². The van der Waals surface area contributed by atoms with E-state index in [1.54, 1.807) is 0 Å². The van der Waals surface area contributed by atoms with Crippen molar-refractivity contribution in [3.63, 3.8) is 0 Å². The smallest absolute Gasteiger partial charge is 0.279 e. The van der Waals surface area contributed by atoms with Gasteiger partial charge in [-0.05, 0) is 12.8 Å². The third-order valence-corrected chi connectivity index (χ3v) is 2.79. The van der Waals surface area contributed by atoms with E-state index in [4.69, 9.17) is 0 Å². The molecule has 5 heteroatoms. The SMILES string of the molecule is O=CCC[C@]1([N+](=O)[O-])CCCCC1=O. The zero-order valence-corrected chi connectivity index (χ0v) is 7.90. The molecule has 0 aromatic carbocycles. The van der Waals surface area contributed by atoms with E-state index in [0.29, 0.717) is 12.7 Å². The molecule has 0 saturated heterocycles. The molecule has 0 N–H and O–H groups in total. The number of hydrogen-bond donors (Lipinski definition) is 0. The molecule has 78 valence electrons. The second kappa shape index (κ2) is 4.30. The number of nitrogens with zero attached hydrogens (tertiary/aromatic N) is 1. The van der Waals surface area contributed by atoms with Crippen LogP contribution in [0.1, 0.15) is 38.5 Å². The monoisotopic (exact) mass is 199 g/mol. The zero-order valence-electron chi connectivity index (χ0n) is 7.90. The average Bonchev–Trinajstić information content (AvgIpc) is 2.16. The lowest BCUT2D eigenvalue weighted by atomic mass is 9.78. The second-order valence-corrected chi connectivity index (χ2v) is 3.62. The van der Waals surface area contributed by atoms with Crippen molar-refractivity contribution in [1.82, 2.24) is 0 Å². The highest BCUT2D eigenvalue weighted by atomic mass is 16.6. The number of aldehydes is 1. The molecule has 0 aromatic heterocycles. The Morgan fingerprint density at radius 2 is 2.21 bits per heavy atom. The van der Waals surface area contributed by atoms with Gasteiger partial charge in [-0.3, -0.25) is 14.9 Å². The topological polar surface area (TPSA) is 77.3 Å². The summed E-state index contributed by atoms with van der Waals surface area (Å²) in [5.41, 5.74) is -1.46. The summed E-state index contributed by atoms with van der Waals surface area (Å²) in [6.45, 7) is 0. The third-order valence-electron chi connectivity index (χ3n) is 2.79. The van der Waals surface area contributed by atoms with E-state index >= 15 is 0 Å². The molecular formula is C9H13NO4. The molecule has 0 radical (unpaired) electrons. The van der Waals surface area contributed by atoms with Gasteiger partial charge in [-0.25, -0.2) is 0 Å². The molecule has 1 atom stereocenters. The van der Waals surface area contributed by atoms with Crippen LogP contribution in [0.2, 0.25) is 0 Å². The summed E-state index contributed by atoms with van der Waals surface area (Å²) in [6.07, 6.45) is 2.77. The summed E-state index contributed by atoms with van der Waals surface area (Å²) < 4.78 is 0. The first-order valence-corrected chi connectivity index (χ1v) is 4.75. The van der Waals surface area contributed by atoms with Crippen LogP contribution in [0, 0.1) is 10.1 Å². The maximum absolute atomic E-state index is 11.5. The summed E-state index contributed by atoms with van der Waals surface area (Å²) in [6, 6.07) is 0. The lowest BCUT2D eigenvalue weighted by molar-refractivity contribution is -0.555. The van der Waals surface area contributed by atoms with Crippen LogP contribution in [0.5, 0.6) is 0 Å². The predicted molar refractivity (Wildman–Crippen MR) is 48.5 cm³/mol. The van der Waals surface area contributed by atoms with E-state index in [-0.39, 0.29) is 31.5 Å². The number of carbonyl (C=O) groups is 2. The fourth-order valence-corrected chi connectivity index (χ4v) is 1.92. The zero-order chi connectivity index (χ0) is 10.6. The maximum atomic E-state index is 11.5. The summed E-state index contributed by atoms with van der Waals surface area (Å²) >= 11 is 0. The van der Waals surface area contributed by atoms with E-state index in [0.717, 1.165) is 6.42 Å². The van der Waals surface area contributed by atoms with Gasteiger partial charge in [0, 0.05) is 30.6 Å². The van der Waals surface area contributed by atoms with E-state index in [2.05, 4.69) is 0 Å². The normalized spacial score (nSPS) is 27.3. The van der Waals surface area contributed by atoms with Crippen LogP contribution in [0.15, 0.2) is 0 Å². The van der Waals surface area contributed by atoms with Gasteiger partial charge >= 0.3 is 0 Å². The van der Waals surface area contributed by atoms with E-state index in [9.17, 15) is 19.7 Å². The van der Waals surface area contributed by atoms with Crippen molar-refractivity contribution >= 4 is 12.1 Å². The standard InChI is InChI=1S/C9H13NO4/c11-7-3-6-9(10(13)14)5-2-1-4-8(9)12/h7H,1-6H2/t9-/m1/s1. The highest BCUT2D eigenvalue weighted by Crippen LogP contribution is 2.31. The Morgan fingerprint density at radius 3 is 2.71 bits per heavy atom. The highest BCUT2D eigenvalue weighted by molar-refractivity contribution is 5.87. The van der Waals surface area contributed by atoms with E-state index in [1.165, 1.54) is 0 Å². The maximum Gasteiger partial charge on any atom is 0.279 e. The van der Waals surface area contributed by atoms with E-state index in [1.807, 2.05) is 0 Å². The molecule has 14 heavy (non-hydrogen) atoms. The minimum atomic E-state index is -1.46. The first-order chi connectivity index (χ1) is 6.63. The summed E-state index contributed by atoms with van der Waals surface area (Å²) in [5.74, 6) is -0.310. The first-order valence-electron chi connectivity index (χ1n) is 4.75. The van der Waals surface area contributed by atoms with Crippen LogP contribution < -0.4 is 0 Å². The number of hydrogen-bond acceptors (Lipinski definition) is 4. The average molecular weight is 199 g/mol. The molecule has 0 aliphatic heterocycles. The Morgan fingerprint density at radius 1 is 1.50 bits per heavy atom. The van der Waals surface area contributed by atoms with Crippen molar-refractivity contribution in [2.45, 2.75) is 44.1 Å². The fraction of sp³-hybridized carbons (Fsp3) is 0.778. The lowest BCUT2D eigenvalue weighted by Crippen LogP contribution is -2.48. The minimum Gasteiger partial charge on any atom is -0.303 e. The van der Waals surface area contributed by atoms with Crippen LogP contribution in [0.4, 0.5) is 0 Å². The van der Waals surface area contributed by atoms with Crippen molar-refractivity contribution in [3.05, 3.63) is 10.1 Å². The van der Waals surface area contributed by atoms with E-state index < -0.39 is 10.5 Å². The van der Waals surface area contributed by atoms with Gasteiger partial charge in [0.2, 0.25) is 5.78 Å². The number of rotatable bonds is 4. The molecule has 1 rings (SSSR count). The highest BCUT2D eigenvalue weighted by Gasteiger charge is 2.50. The van der Waals surface area contributed by atoms with Crippen LogP contribution in [0.3, 0.4) is 0 Å². The van der Waals surface area contributed by atoms with Crippen LogP contribution in [-0.4, -0.2) is 22.5 Å². The molecule has 1 aliphatic carbocycles. The van der Waals surface area contributed by atoms with Crippen molar-refractivity contribution in [2.75, 3.05) is 0 Å². The van der Waals surface area contributed by atoms with Crippen molar-refractivity contribution in [3.8, 4) is 0 Å². The Bertz CT molecular complexity index is 264. The molecular weight excluding hydrogens is 186 g/mol. The fourth-order valence-electron chi connectivity index (χ4n) is 1.92. The number of nitro groups is 1. The molecule has 0 amide bonds. The van der Waals surface area contributed by atoms with Crippen LogP contribution in [-0.2, 0) is 9.59 Å². The Hall–Kier alpha value is -1.26. The van der Waals surface area contributed by atoms with Gasteiger partial charge in [-0.2, -0.15) is 0 Å². The van der Waals surface area contributed by atoms with Gasteiger partial charge in [0.1, 0.15) is 6.29 Å². The summed E-state index contributed by atoms with van der Waals surface area (Å²) in [4.78, 5) is 32.1. The summed E-state index contributed by atoms with van der Waals surface area (Å²) in [5, 5.41) is 10.9. The van der Waals surface area contributed by atoms with Gasteiger partial charge in [0.25, 0.3) is 5.54 Å². The minimum absolute atomic E-state index is 0.0579. The summed E-state index contributed by atoms with van der Waals surface area (Å²) in [7, 11) is 0. The molecule has 1 aliphatic rings. The molecule has 0 spiro atoms. The molecule has 0 unspecified atom stereocenters. The third kappa shape index (κ3) is 1.81. The lowest BCUT2D eigenvalue weighted by Gasteiger charge is -2.26. The van der Waals surface area contributed by atoms with Crippen LogP contribution >= 0.6 is 0 Å². The molecule has 1 fully saturated rings. The van der Waals surface area contributed by atoms with Gasteiger partial charge < -0.3 is 4.79 Å².